The smallest absolute Gasteiger partial charge is 0.223 e. The highest BCUT2D eigenvalue weighted by Gasteiger charge is 2.29. The molecule has 2 aromatic rings. The summed E-state index contributed by atoms with van der Waals surface area (Å²) in [6, 6.07) is 5.28. The van der Waals surface area contributed by atoms with Crippen LogP contribution in [-0.2, 0) is 17.6 Å². The van der Waals surface area contributed by atoms with Gasteiger partial charge in [0.2, 0.25) is 5.91 Å². The summed E-state index contributed by atoms with van der Waals surface area (Å²) in [5.74, 6) is -0.220. The molecule has 0 fully saturated rings. The predicted octanol–water partition coefficient (Wildman–Crippen LogP) is 2.54. The molecule has 1 unspecified atom stereocenters. The summed E-state index contributed by atoms with van der Waals surface area (Å²) in [6.07, 6.45) is 2.35. The number of aromatic nitrogens is 1. The molecule has 0 bridgehead atoms. The van der Waals surface area contributed by atoms with E-state index in [0.29, 0.717) is 25.6 Å². The summed E-state index contributed by atoms with van der Waals surface area (Å²) in [5.41, 5.74) is 8.90. The van der Waals surface area contributed by atoms with E-state index in [1.54, 1.807) is 6.07 Å². The monoisotopic (exact) mass is 317 g/mol. The molecular weight excluding hydrogens is 293 g/mol. The third-order valence-corrected chi connectivity index (χ3v) is 4.69. The number of carbonyl (C=O) groups is 1. The molecule has 1 atom stereocenters. The van der Waals surface area contributed by atoms with Gasteiger partial charge in [-0.2, -0.15) is 0 Å². The Morgan fingerprint density at radius 1 is 1.48 bits per heavy atom. The lowest BCUT2D eigenvalue weighted by atomic mass is 9.85. The van der Waals surface area contributed by atoms with Gasteiger partial charge in [-0.3, -0.25) is 4.79 Å². The maximum absolute atomic E-state index is 13.7. The Balaban J connectivity index is 2.01. The number of halogens is 1. The largest absolute Gasteiger partial charge is 0.355 e. The van der Waals surface area contributed by atoms with E-state index < -0.39 is 0 Å². The number of nitrogens with one attached hydrogen (secondary N) is 1. The van der Waals surface area contributed by atoms with E-state index in [-0.39, 0.29) is 17.6 Å². The topological polar surface area (TPSA) is 60.0 Å². The normalized spacial score (nSPS) is 17.5. The van der Waals surface area contributed by atoms with E-state index in [4.69, 9.17) is 5.73 Å². The highest BCUT2D eigenvalue weighted by molar-refractivity contribution is 5.88. The average molecular weight is 317 g/mol. The second-order valence-electron chi connectivity index (χ2n) is 6.57. The second-order valence-corrected chi connectivity index (χ2v) is 6.57. The zero-order valence-electron chi connectivity index (χ0n) is 13.7. The number of benzene rings is 1. The van der Waals surface area contributed by atoms with Crippen LogP contribution in [0.4, 0.5) is 4.39 Å². The van der Waals surface area contributed by atoms with Crippen LogP contribution in [0.25, 0.3) is 10.9 Å². The molecule has 1 aliphatic rings. The van der Waals surface area contributed by atoms with Crippen molar-refractivity contribution in [3.63, 3.8) is 0 Å². The van der Waals surface area contributed by atoms with Crippen molar-refractivity contribution in [2.24, 2.45) is 11.7 Å². The number of nitrogens with zero attached hydrogens (tertiary/aromatic N) is 1. The average Bonchev–Trinajstić information content (AvgIpc) is 2.85. The number of nitrogens with two attached hydrogens (primary N) is 1. The van der Waals surface area contributed by atoms with Gasteiger partial charge in [0, 0.05) is 41.6 Å². The summed E-state index contributed by atoms with van der Waals surface area (Å²) < 4.78 is 16.0. The van der Waals surface area contributed by atoms with Gasteiger partial charge in [0.05, 0.1) is 0 Å². The third-order valence-electron chi connectivity index (χ3n) is 4.69. The van der Waals surface area contributed by atoms with Crippen LogP contribution in [0.1, 0.15) is 37.6 Å². The molecule has 0 saturated carbocycles. The molecule has 1 aliphatic carbocycles. The van der Waals surface area contributed by atoms with Crippen molar-refractivity contribution >= 4 is 16.8 Å². The summed E-state index contributed by atoms with van der Waals surface area (Å²) >= 11 is 0. The van der Waals surface area contributed by atoms with E-state index in [9.17, 15) is 9.18 Å². The van der Waals surface area contributed by atoms with E-state index in [2.05, 4.69) is 23.7 Å². The Labute approximate surface area is 135 Å². The van der Waals surface area contributed by atoms with E-state index in [1.807, 2.05) is 6.07 Å². The minimum atomic E-state index is -0.226. The van der Waals surface area contributed by atoms with Crippen LogP contribution in [0.15, 0.2) is 18.2 Å². The lowest BCUT2D eigenvalue weighted by molar-refractivity contribution is -0.125. The van der Waals surface area contributed by atoms with E-state index in [1.165, 1.54) is 11.8 Å². The van der Waals surface area contributed by atoms with Gasteiger partial charge < -0.3 is 15.6 Å². The molecule has 1 heterocycles. The maximum Gasteiger partial charge on any atom is 0.223 e. The quantitative estimate of drug-likeness (QED) is 0.910. The van der Waals surface area contributed by atoms with Crippen molar-refractivity contribution in [1.82, 2.24) is 9.88 Å². The Morgan fingerprint density at radius 3 is 2.96 bits per heavy atom. The van der Waals surface area contributed by atoms with Crippen molar-refractivity contribution in [3.05, 3.63) is 35.3 Å². The molecule has 3 N–H and O–H groups in total. The van der Waals surface area contributed by atoms with Gasteiger partial charge in [0.15, 0.2) is 0 Å². The fourth-order valence-electron chi connectivity index (χ4n) is 3.72. The fourth-order valence-corrected chi connectivity index (χ4v) is 3.72. The van der Waals surface area contributed by atoms with Crippen LogP contribution in [0.2, 0.25) is 0 Å². The number of fused-ring (bicyclic) bond motifs is 3. The number of amides is 1. The number of rotatable bonds is 4. The highest BCUT2D eigenvalue weighted by atomic mass is 19.1. The summed E-state index contributed by atoms with van der Waals surface area (Å²) in [6.45, 7) is 5.23. The molecule has 0 aliphatic heterocycles. The molecule has 23 heavy (non-hydrogen) atoms. The van der Waals surface area contributed by atoms with Crippen LogP contribution in [-0.4, -0.2) is 23.6 Å². The Morgan fingerprint density at radius 2 is 2.26 bits per heavy atom. The van der Waals surface area contributed by atoms with Crippen LogP contribution in [0, 0.1) is 11.7 Å². The van der Waals surface area contributed by atoms with Gasteiger partial charge in [-0.05, 0) is 56.9 Å². The SMILES string of the molecule is CC(C)n1c2c(c3cc(F)ccc31)CC(C(=O)NCCN)CC2. The second kappa shape index (κ2) is 6.32. The van der Waals surface area contributed by atoms with Gasteiger partial charge in [-0.25, -0.2) is 4.39 Å². The first kappa shape index (κ1) is 16.0. The van der Waals surface area contributed by atoms with Crippen molar-refractivity contribution in [3.8, 4) is 0 Å². The molecular formula is C18H24FN3O. The standard InChI is InChI=1S/C18H24FN3O/c1-11(2)22-16-5-3-12(18(23)21-8-7-20)9-14(16)15-10-13(19)4-6-17(15)22/h4,6,10-12H,3,5,7-9,20H2,1-2H3,(H,21,23). The molecule has 3 rings (SSSR count). The lowest BCUT2D eigenvalue weighted by Gasteiger charge is -2.24. The number of hydrogen-bond donors (Lipinski definition) is 2. The van der Waals surface area contributed by atoms with Gasteiger partial charge in [0.25, 0.3) is 0 Å². The first-order valence-electron chi connectivity index (χ1n) is 8.32. The molecule has 1 aromatic carbocycles. The minimum Gasteiger partial charge on any atom is -0.355 e. The summed E-state index contributed by atoms with van der Waals surface area (Å²) in [5, 5.41) is 3.83. The molecule has 4 nitrogen and oxygen atoms in total. The van der Waals surface area contributed by atoms with Crippen LogP contribution < -0.4 is 11.1 Å². The molecule has 0 saturated heterocycles. The first-order chi connectivity index (χ1) is 11.0. The van der Waals surface area contributed by atoms with Gasteiger partial charge >= 0.3 is 0 Å². The highest BCUT2D eigenvalue weighted by Crippen LogP contribution is 2.36. The summed E-state index contributed by atoms with van der Waals surface area (Å²) in [7, 11) is 0. The van der Waals surface area contributed by atoms with Crippen molar-refractivity contribution in [1.29, 1.82) is 0 Å². The first-order valence-corrected chi connectivity index (χ1v) is 8.32. The molecule has 0 spiro atoms. The third kappa shape index (κ3) is 2.85. The Hall–Kier alpha value is -1.88. The van der Waals surface area contributed by atoms with Gasteiger partial charge in [-0.1, -0.05) is 0 Å². The summed E-state index contributed by atoms with van der Waals surface area (Å²) in [4.78, 5) is 12.3. The number of hydrogen-bond acceptors (Lipinski definition) is 2. The van der Waals surface area contributed by atoms with Crippen LogP contribution >= 0.6 is 0 Å². The Bertz CT molecular complexity index is 735. The van der Waals surface area contributed by atoms with Gasteiger partial charge in [-0.15, -0.1) is 0 Å². The van der Waals surface area contributed by atoms with E-state index >= 15 is 0 Å². The zero-order valence-corrected chi connectivity index (χ0v) is 13.7. The van der Waals surface area contributed by atoms with Crippen LogP contribution in [0.5, 0.6) is 0 Å². The Kier molecular flexibility index (Phi) is 4.39. The van der Waals surface area contributed by atoms with Crippen molar-refractivity contribution in [2.75, 3.05) is 13.1 Å². The maximum atomic E-state index is 13.7. The lowest BCUT2D eigenvalue weighted by Crippen LogP contribution is -2.36. The molecule has 1 aromatic heterocycles. The predicted molar refractivity (Wildman–Crippen MR) is 89.9 cm³/mol. The van der Waals surface area contributed by atoms with Crippen LogP contribution in [0.3, 0.4) is 0 Å². The van der Waals surface area contributed by atoms with Crippen molar-refractivity contribution < 1.29 is 9.18 Å². The molecule has 0 radical (unpaired) electrons. The van der Waals surface area contributed by atoms with Gasteiger partial charge in [0.1, 0.15) is 5.82 Å². The molecule has 5 heteroatoms. The van der Waals surface area contributed by atoms with Crippen molar-refractivity contribution in [2.45, 2.75) is 39.2 Å². The fraction of sp³-hybridized carbons (Fsp3) is 0.500. The molecule has 1 amide bonds. The zero-order chi connectivity index (χ0) is 16.6. The molecule has 124 valence electrons. The number of carbonyl (C=O) groups excluding carboxylic acids is 1. The van der Waals surface area contributed by atoms with E-state index in [0.717, 1.165) is 29.3 Å². The minimum absolute atomic E-state index is 0.0523.